The molecule has 3 fully saturated rings. The molecular weight excluding hydrogens is 453 g/mol. The molecule has 0 bridgehead atoms. The van der Waals surface area contributed by atoms with Crippen LogP contribution in [0.1, 0.15) is 38.5 Å². The number of ether oxygens (including phenoxy) is 1. The summed E-state index contributed by atoms with van der Waals surface area (Å²) < 4.78 is 5.59. The highest BCUT2D eigenvalue weighted by Crippen LogP contribution is 2.25. The van der Waals surface area contributed by atoms with E-state index in [4.69, 9.17) is 4.74 Å². The summed E-state index contributed by atoms with van der Waals surface area (Å²) in [7, 11) is 6.31. The van der Waals surface area contributed by atoms with Crippen LogP contribution in [-0.4, -0.2) is 99.8 Å². The van der Waals surface area contributed by atoms with E-state index in [1.807, 2.05) is 7.05 Å². The van der Waals surface area contributed by atoms with Crippen molar-refractivity contribution in [2.24, 2.45) is 10.9 Å². The first-order chi connectivity index (χ1) is 12.6. The van der Waals surface area contributed by atoms with Crippen LogP contribution in [-0.2, 0) is 4.74 Å². The fourth-order valence-electron chi connectivity index (χ4n) is 4.79. The standard InChI is InChI=1S/C20H39N5O.HI/c1-21-19(22-17-20(23(2)3)8-13-26-14-9-20)25-12-7-18(16-25)15-24-10-5-4-6-11-24;/h18H,4-17H2,1-3H3,(H,21,22);1H. The molecule has 27 heavy (non-hydrogen) atoms. The Morgan fingerprint density at radius 1 is 1.15 bits per heavy atom. The number of nitrogens with one attached hydrogen (secondary N) is 1. The van der Waals surface area contributed by atoms with Crippen LogP contribution < -0.4 is 5.32 Å². The third-order valence-corrected chi connectivity index (χ3v) is 6.71. The minimum absolute atomic E-state index is 0. The quantitative estimate of drug-likeness (QED) is 0.361. The molecule has 3 rings (SSSR count). The molecular formula is C20H40IN5O. The van der Waals surface area contributed by atoms with E-state index in [1.165, 1.54) is 45.3 Å². The van der Waals surface area contributed by atoms with Crippen LogP contribution in [0, 0.1) is 5.92 Å². The van der Waals surface area contributed by atoms with Gasteiger partial charge in [-0.15, -0.1) is 24.0 Å². The lowest BCUT2D eigenvalue weighted by atomic mass is 9.88. The Labute approximate surface area is 183 Å². The van der Waals surface area contributed by atoms with Gasteiger partial charge in [0.05, 0.1) is 0 Å². The number of piperidine rings is 1. The van der Waals surface area contributed by atoms with Crippen molar-refractivity contribution in [2.45, 2.75) is 44.1 Å². The summed E-state index contributed by atoms with van der Waals surface area (Å²) in [6, 6.07) is 0. The minimum Gasteiger partial charge on any atom is -0.381 e. The van der Waals surface area contributed by atoms with Gasteiger partial charge in [0.25, 0.3) is 0 Å². The molecule has 0 aromatic carbocycles. The zero-order chi connectivity index (χ0) is 18.4. The van der Waals surface area contributed by atoms with E-state index >= 15 is 0 Å². The molecule has 0 saturated carbocycles. The van der Waals surface area contributed by atoms with Crippen molar-refractivity contribution in [3.63, 3.8) is 0 Å². The van der Waals surface area contributed by atoms with Crippen molar-refractivity contribution in [1.29, 1.82) is 0 Å². The van der Waals surface area contributed by atoms with E-state index < -0.39 is 0 Å². The second-order valence-electron chi connectivity index (χ2n) is 8.59. The van der Waals surface area contributed by atoms with Gasteiger partial charge in [-0.1, -0.05) is 6.42 Å². The van der Waals surface area contributed by atoms with Gasteiger partial charge in [0.15, 0.2) is 5.96 Å². The lowest BCUT2D eigenvalue weighted by Crippen LogP contribution is -2.57. The van der Waals surface area contributed by atoms with Crippen LogP contribution in [0.25, 0.3) is 0 Å². The molecule has 0 aromatic heterocycles. The molecule has 1 unspecified atom stereocenters. The normalized spacial score (nSPS) is 26.9. The Kier molecular flexibility index (Phi) is 9.58. The Balaban J connectivity index is 0.00000261. The van der Waals surface area contributed by atoms with Crippen molar-refractivity contribution in [1.82, 2.24) is 20.0 Å². The maximum absolute atomic E-state index is 5.59. The monoisotopic (exact) mass is 493 g/mol. The molecule has 3 aliphatic rings. The first-order valence-electron chi connectivity index (χ1n) is 10.6. The number of hydrogen-bond acceptors (Lipinski definition) is 4. The lowest BCUT2D eigenvalue weighted by molar-refractivity contribution is -0.00522. The Morgan fingerprint density at radius 3 is 2.48 bits per heavy atom. The molecule has 0 aromatic rings. The van der Waals surface area contributed by atoms with Gasteiger partial charge >= 0.3 is 0 Å². The van der Waals surface area contributed by atoms with Gasteiger partial charge in [0.1, 0.15) is 0 Å². The van der Waals surface area contributed by atoms with Crippen LogP contribution >= 0.6 is 24.0 Å². The van der Waals surface area contributed by atoms with Gasteiger partial charge in [0, 0.05) is 52.0 Å². The van der Waals surface area contributed by atoms with E-state index in [0.717, 1.165) is 57.6 Å². The average molecular weight is 493 g/mol. The molecule has 158 valence electrons. The summed E-state index contributed by atoms with van der Waals surface area (Å²) in [5.74, 6) is 1.87. The van der Waals surface area contributed by atoms with Crippen LogP contribution in [0.3, 0.4) is 0 Å². The molecule has 1 N–H and O–H groups in total. The van der Waals surface area contributed by atoms with Crippen molar-refractivity contribution in [3.05, 3.63) is 0 Å². The molecule has 6 nitrogen and oxygen atoms in total. The Bertz CT molecular complexity index is 461. The maximum atomic E-state index is 5.59. The van der Waals surface area contributed by atoms with Gasteiger partial charge in [-0.3, -0.25) is 4.99 Å². The summed E-state index contributed by atoms with van der Waals surface area (Å²) in [5, 5.41) is 3.69. The van der Waals surface area contributed by atoms with Gasteiger partial charge in [0.2, 0.25) is 0 Å². The average Bonchev–Trinajstić information content (AvgIpc) is 3.12. The zero-order valence-electron chi connectivity index (χ0n) is 17.6. The summed E-state index contributed by atoms with van der Waals surface area (Å²) in [4.78, 5) is 12.1. The highest BCUT2D eigenvalue weighted by molar-refractivity contribution is 14.0. The molecule has 0 amide bonds. The lowest BCUT2D eigenvalue weighted by Gasteiger charge is -2.43. The van der Waals surface area contributed by atoms with E-state index in [1.54, 1.807) is 0 Å². The number of aliphatic imine (C=N–C) groups is 1. The number of hydrogen-bond donors (Lipinski definition) is 1. The van der Waals surface area contributed by atoms with Gasteiger partial charge in [-0.2, -0.15) is 0 Å². The van der Waals surface area contributed by atoms with Gasteiger partial charge in [-0.05, 0) is 65.2 Å². The largest absolute Gasteiger partial charge is 0.381 e. The Morgan fingerprint density at radius 2 is 1.85 bits per heavy atom. The van der Waals surface area contributed by atoms with E-state index in [2.05, 4.69) is 39.1 Å². The summed E-state index contributed by atoms with van der Waals surface area (Å²) >= 11 is 0. The summed E-state index contributed by atoms with van der Waals surface area (Å²) in [5.41, 5.74) is 0.182. The molecule has 7 heteroatoms. The number of guanidine groups is 1. The highest BCUT2D eigenvalue weighted by atomic mass is 127. The summed E-state index contributed by atoms with van der Waals surface area (Å²) in [6.45, 7) is 8.83. The summed E-state index contributed by atoms with van der Waals surface area (Å²) in [6.07, 6.45) is 7.65. The predicted molar refractivity (Wildman–Crippen MR) is 123 cm³/mol. The van der Waals surface area contributed by atoms with Crippen molar-refractivity contribution < 1.29 is 4.74 Å². The van der Waals surface area contributed by atoms with Crippen molar-refractivity contribution >= 4 is 29.9 Å². The molecule has 0 aliphatic carbocycles. The van der Waals surface area contributed by atoms with Gasteiger partial charge in [-0.25, -0.2) is 0 Å². The molecule has 0 spiro atoms. The van der Waals surface area contributed by atoms with Gasteiger partial charge < -0.3 is 24.8 Å². The van der Waals surface area contributed by atoms with Crippen molar-refractivity contribution in [2.75, 3.05) is 73.6 Å². The second kappa shape index (κ2) is 11.2. The van der Waals surface area contributed by atoms with E-state index in [-0.39, 0.29) is 29.5 Å². The first kappa shape index (κ1) is 23.2. The van der Waals surface area contributed by atoms with E-state index in [0.29, 0.717) is 0 Å². The molecule has 3 saturated heterocycles. The van der Waals surface area contributed by atoms with Crippen LogP contribution in [0.5, 0.6) is 0 Å². The first-order valence-corrected chi connectivity index (χ1v) is 10.6. The highest BCUT2D eigenvalue weighted by Gasteiger charge is 2.35. The topological polar surface area (TPSA) is 43.3 Å². The molecule has 3 heterocycles. The fourth-order valence-corrected chi connectivity index (χ4v) is 4.79. The van der Waals surface area contributed by atoms with Crippen LogP contribution in [0.4, 0.5) is 0 Å². The van der Waals surface area contributed by atoms with Crippen LogP contribution in [0.15, 0.2) is 4.99 Å². The fraction of sp³-hybridized carbons (Fsp3) is 0.950. The number of halogens is 1. The SMILES string of the molecule is CN=C(NCC1(N(C)C)CCOCC1)N1CCC(CN2CCCCC2)C1.I. The number of rotatable bonds is 5. The second-order valence-corrected chi connectivity index (χ2v) is 8.59. The minimum atomic E-state index is 0. The third-order valence-electron chi connectivity index (χ3n) is 6.71. The van der Waals surface area contributed by atoms with Crippen molar-refractivity contribution in [3.8, 4) is 0 Å². The maximum Gasteiger partial charge on any atom is 0.193 e. The smallest absolute Gasteiger partial charge is 0.193 e. The Hall–Kier alpha value is -0.120. The molecule has 1 atom stereocenters. The zero-order valence-corrected chi connectivity index (χ0v) is 19.9. The third kappa shape index (κ3) is 6.18. The molecule has 0 radical (unpaired) electrons. The number of likely N-dealkylation sites (tertiary alicyclic amines) is 2. The molecule has 3 aliphatic heterocycles. The van der Waals surface area contributed by atoms with Crippen LogP contribution in [0.2, 0.25) is 0 Å². The number of likely N-dealkylation sites (N-methyl/N-ethyl adjacent to an activating group) is 1. The number of nitrogens with zero attached hydrogens (tertiary/aromatic N) is 4. The predicted octanol–water partition coefficient (Wildman–Crippen LogP) is 2.10. The van der Waals surface area contributed by atoms with E-state index in [9.17, 15) is 0 Å².